The van der Waals surface area contributed by atoms with E-state index in [2.05, 4.69) is 45.8 Å². The summed E-state index contributed by atoms with van der Waals surface area (Å²) >= 11 is 0. The van der Waals surface area contributed by atoms with Gasteiger partial charge in [0, 0.05) is 32.6 Å². The van der Waals surface area contributed by atoms with Crippen LogP contribution in [0.4, 0.5) is 0 Å². The summed E-state index contributed by atoms with van der Waals surface area (Å²) in [5.74, 6) is 2.85. The zero-order chi connectivity index (χ0) is 20.9. The second-order valence-electron chi connectivity index (χ2n) is 8.01. The molecule has 1 aromatic carbocycles. The molecular formula is C22H32IN7O. The summed E-state index contributed by atoms with van der Waals surface area (Å²) in [6, 6.07) is 8.49. The van der Waals surface area contributed by atoms with E-state index in [4.69, 9.17) is 4.99 Å². The smallest absolute Gasteiger partial charge is 0.222 e. The van der Waals surface area contributed by atoms with Gasteiger partial charge in [0.1, 0.15) is 11.6 Å². The van der Waals surface area contributed by atoms with E-state index in [1.807, 2.05) is 22.6 Å². The fourth-order valence-electron chi connectivity index (χ4n) is 4.18. The van der Waals surface area contributed by atoms with E-state index in [-0.39, 0.29) is 35.9 Å². The largest absolute Gasteiger partial charge is 0.357 e. The molecule has 1 amide bonds. The van der Waals surface area contributed by atoms with Crippen LogP contribution in [0.2, 0.25) is 0 Å². The van der Waals surface area contributed by atoms with Crippen molar-refractivity contribution in [1.29, 1.82) is 0 Å². The maximum Gasteiger partial charge on any atom is 0.222 e. The van der Waals surface area contributed by atoms with Crippen molar-refractivity contribution in [2.45, 2.75) is 65.2 Å². The second-order valence-corrected chi connectivity index (χ2v) is 8.01. The fourth-order valence-corrected chi connectivity index (χ4v) is 4.18. The Hall–Kier alpha value is -2.17. The number of aryl methyl sites for hydroxylation is 2. The molecule has 1 aromatic heterocycles. The fraction of sp³-hybridized carbons (Fsp3) is 0.545. The van der Waals surface area contributed by atoms with E-state index in [1.165, 1.54) is 0 Å². The summed E-state index contributed by atoms with van der Waals surface area (Å²) < 4.78 is 2.00. The number of nitrogens with one attached hydrogen (secondary N) is 2. The highest BCUT2D eigenvalue weighted by atomic mass is 127. The van der Waals surface area contributed by atoms with E-state index < -0.39 is 0 Å². The first-order valence-corrected chi connectivity index (χ1v) is 10.9. The van der Waals surface area contributed by atoms with Gasteiger partial charge in [-0.15, -0.1) is 24.0 Å². The zero-order valence-corrected chi connectivity index (χ0v) is 20.6. The van der Waals surface area contributed by atoms with E-state index in [9.17, 15) is 4.79 Å². The van der Waals surface area contributed by atoms with Gasteiger partial charge in [-0.2, -0.15) is 5.10 Å². The lowest BCUT2D eigenvalue weighted by molar-refractivity contribution is -0.128. The molecule has 4 rings (SSSR count). The van der Waals surface area contributed by atoms with E-state index >= 15 is 0 Å². The SMILES string of the molecule is CCNC(=NCc1cccc(CN2CCCC2=O)c1)NC1CCCn2nc(C)nc21.I. The van der Waals surface area contributed by atoms with Gasteiger partial charge in [0.15, 0.2) is 5.96 Å². The van der Waals surface area contributed by atoms with Crippen molar-refractivity contribution in [2.75, 3.05) is 13.1 Å². The number of aliphatic imine (C=N–C) groups is 1. The minimum absolute atomic E-state index is 0. The lowest BCUT2D eigenvalue weighted by atomic mass is 10.1. The van der Waals surface area contributed by atoms with Gasteiger partial charge in [-0.3, -0.25) is 4.79 Å². The highest BCUT2D eigenvalue weighted by Crippen LogP contribution is 2.23. The highest BCUT2D eigenvalue weighted by Gasteiger charge is 2.24. The molecule has 1 atom stereocenters. The van der Waals surface area contributed by atoms with Gasteiger partial charge >= 0.3 is 0 Å². The lowest BCUT2D eigenvalue weighted by Gasteiger charge is -2.25. The van der Waals surface area contributed by atoms with Crippen LogP contribution < -0.4 is 10.6 Å². The Morgan fingerprint density at radius 3 is 2.87 bits per heavy atom. The molecule has 0 bridgehead atoms. The number of fused-ring (bicyclic) bond motifs is 1. The maximum atomic E-state index is 11.9. The predicted octanol–water partition coefficient (Wildman–Crippen LogP) is 2.92. The van der Waals surface area contributed by atoms with Crippen molar-refractivity contribution >= 4 is 35.8 Å². The number of hydrogen-bond acceptors (Lipinski definition) is 4. The Kier molecular flexibility index (Phi) is 8.28. The number of nitrogens with zero attached hydrogens (tertiary/aromatic N) is 5. The first-order valence-electron chi connectivity index (χ1n) is 10.9. The van der Waals surface area contributed by atoms with Crippen LogP contribution in [-0.2, 0) is 24.4 Å². The van der Waals surface area contributed by atoms with Gasteiger partial charge in [0.25, 0.3) is 0 Å². The third-order valence-corrected chi connectivity index (χ3v) is 5.59. The van der Waals surface area contributed by atoms with Crippen LogP contribution in [-0.4, -0.2) is 44.6 Å². The quantitative estimate of drug-likeness (QED) is 0.336. The Balaban J connectivity index is 0.00000272. The number of carbonyl (C=O) groups is 1. The van der Waals surface area contributed by atoms with Crippen LogP contribution in [0.1, 0.15) is 61.4 Å². The second kappa shape index (κ2) is 10.9. The van der Waals surface area contributed by atoms with Crippen molar-refractivity contribution in [1.82, 2.24) is 30.3 Å². The average Bonchev–Trinajstić information content (AvgIpc) is 3.32. The molecule has 31 heavy (non-hydrogen) atoms. The summed E-state index contributed by atoms with van der Waals surface area (Å²) in [5, 5.41) is 11.4. The third-order valence-electron chi connectivity index (χ3n) is 5.59. The predicted molar refractivity (Wildman–Crippen MR) is 131 cm³/mol. The van der Waals surface area contributed by atoms with Gasteiger partial charge in [0.2, 0.25) is 5.91 Å². The lowest BCUT2D eigenvalue weighted by Crippen LogP contribution is -2.41. The molecule has 0 aliphatic carbocycles. The van der Waals surface area contributed by atoms with Crippen LogP contribution in [0, 0.1) is 6.92 Å². The summed E-state index contributed by atoms with van der Waals surface area (Å²) in [4.78, 5) is 23.3. The number of hydrogen-bond donors (Lipinski definition) is 2. The minimum Gasteiger partial charge on any atom is -0.357 e. The Morgan fingerprint density at radius 1 is 1.26 bits per heavy atom. The number of carbonyl (C=O) groups excluding carboxylic acids is 1. The molecular weight excluding hydrogens is 505 g/mol. The van der Waals surface area contributed by atoms with Crippen molar-refractivity contribution in [2.24, 2.45) is 4.99 Å². The minimum atomic E-state index is 0. The first-order chi connectivity index (χ1) is 14.6. The molecule has 3 heterocycles. The number of amides is 1. The number of aromatic nitrogens is 3. The average molecular weight is 537 g/mol. The number of benzene rings is 1. The van der Waals surface area contributed by atoms with E-state index in [0.29, 0.717) is 19.5 Å². The van der Waals surface area contributed by atoms with Gasteiger partial charge < -0.3 is 15.5 Å². The molecule has 1 saturated heterocycles. The molecule has 168 valence electrons. The van der Waals surface area contributed by atoms with Crippen molar-refractivity contribution < 1.29 is 4.79 Å². The Bertz CT molecular complexity index is 926. The number of rotatable bonds is 6. The Labute approximate surface area is 200 Å². The number of halogens is 1. The van der Waals surface area contributed by atoms with Crippen molar-refractivity contribution in [3.8, 4) is 0 Å². The van der Waals surface area contributed by atoms with Crippen molar-refractivity contribution in [3.63, 3.8) is 0 Å². The highest BCUT2D eigenvalue weighted by molar-refractivity contribution is 14.0. The molecule has 9 heteroatoms. The maximum absolute atomic E-state index is 11.9. The number of guanidine groups is 1. The molecule has 0 saturated carbocycles. The molecule has 8 nitrogen and oxygen atoms in total. The Morgan fingerprint density at radius 2 is 2.10 bits per heavy atom. The standard InChI is InChI=1S/C22H31N7O.HI/c1-3-23-22(26-19-9-5-12-29-21(19)25-16(2)27-29)24-14-17-7-4-8-18(13-17)15-28-11-6-10-20(28)30;/h4,7-8,13,19H,3,5-6,9-12,14-15H2,1-2H3,(H2,23,24,26);1H. The van der Waals surface area contributed by atoms with E-state index in [0.717, 1.165) is 67.6 Å². The zero-order valence-electron chi connectivity index (χ0n) is 18.3. The summed E-state index contributed by atoms with van der Waals surface area (Å²) in [5.41, 5.74) is 2.30. The molecule has 1 unspecified atom stereocenters. The van der Waals surface area contributed by atoms with Gasteiger partial charge in [0.05, 0.1) is 12.6 Å². The molecule has 1 fully saturated rings. The van der Waals surface area contributed by atoms with Crippen LogP contribution >= 0.6 is 24.0 Å². The van der Waals surface area contributed by atoms with Crippen LogP contribution in [0.5, 0.6) is 0 Å². The van der Waals surface area contributed by atoms with Gasteiger partial charge in [-0.25, -0.2) is 14.7 Å². The molecule has 2 aliphatic rings. The molecule has 0 spiro atoms. The van der Waals surface area contributed by atoms with Crippen molar-refractivity contribution in [3.05, 3.63) is 47.0 Å². The van der Waals surface area contributed by atoms with Crippen LogP contribution in [0.15, 0.2) is 29.3 Å². The topological polar surface area (TPSA) is 87.4 Å². The molecule has 0 radical (unpaired) electrons. The van der Waals surface area contributed by atoms with Crippen LogP contribution in [0.3, 0.4) is 0 Å². The monoisotopic (exact) mass is 537 g/mol. The summed E-state index contributed by atoms with van der Waals surface area (Å²) in [6.45, 7) is 7.85. The van der Waals surface area contributed by atoms with Crippen LogP contribution in [0.25, 0.3) is 0 Å². The van der Waals surface area contributed by atoms with Gasteiger partial charge in [-0.05, 0) is 44.2 Å². The normalized spacial score (nSPS) is 18.5. The molecule has 2 aromatic rings. The van der Waals surface area contributed by atoms with Gasteiger partial charge in [-0.1, -0.05) is 24.3 Å². The molecule has 2 N–H and O–H groups in total. The first kappa shape index (κ1) is 23.5. The summed E-state index contributed by atoms with van der Waals surface area (Å²) in [6.07, 6.45) is 3.73. The number of likely N-dealkylation sites (tertiary alicyclic amines) is 1. The summed E-state index contributed by atoms with van der Waals surface area (Å²) in [7, 11) is 0. The third kappa shape index (κ3) is 5.96. The van der Waals surface area contributed by atoms with E-state index in [1.54, 1.807) is 0 Å². The molecule has 2 aliphatic heterocycles.